The van der Waals surface area contributed by atoms with Gasteiger partial charge in [0.2, 0.25) is 0 Å². The maximum Gasteiger partial charge on any atom is 0.317 e. The number of carboxylic acids is 1. The summed E-state index contributed by atoms with van der Waals surface area (Å²) in [5.74, 6) is -0.817. The lowest BCUT2D eigenvalue weighted by molar-refractivity contribution is -0.135. The van der Waals surface area contributed by atoms with Gasteiger partial charge in [-0.2, -0.15) is 0 Å². The molecule has 0 fully saturated rings. The van der Waals surface area contributed by atoms with Crippen molar-refractivity contribution < 1.29 is 9.90 Å². The van der Waals surface area contributed by atoms with Gasteiger partial charge < -0.3 is 10.4 Å². The molecule has 0 aromatic heterocycles. The molecule has 0 aliphatic carbocycles. The molecule has 0 saturated carbocycles. The maximum absolute atomic E-state index is 9.69. The summed E-state index contributed by atoms with van der Waals surface area (Å²) in [5, 5.41) is 10.6. The molecule has 0 amide bonds. The topological polar surface area (TPSA) is 49.3 Å². The van der Waals surface area contributed by atoms with Crippen molar-refractivity contribution in [1.29, 1.82) is 0 Å². The second-order valence-electron chi connectivity index (χ2n) is 1.02. The third-order valence-corrected chi connectivity index (χ3v) is 0.709. The van der Waals surface area contributed by atoms with Crippen LogP contribution < -0.4 is 5.32 Å². The van der Waals surface area contributed by atoms with Gasteiger partial charge in [0.05, 0.1) is 6.54 Å². The number of nitrogens with one attached hydrogen (secondary N) is 1. The van der Waals surface area contributed by atoms with Crippen LogP contribution in [0.4, 0.5) is 0 Å². The van der Waals surface area contributed by atoms with Crippen LogP contribution in [0.3, 0.4) is 0 Å². The first-order valence-corrected chi connectivity index (χ1v) is 2.71. The Kier molecular flexibility index (Phi) is 10.4. The van der Waals surface area contributed by atoms with E-state index in [0.717, 1.165) is 0 Å². The minimum Gasteiger partial charge on any atom is -0.480 e. The van der Waals surface area contributed by atoms with E-state index >= 15 is 0 Å². The zero-order chi connectivity index (χ0) is 5.70. The average molecular weight is 151 g/mol. The highest BCUT2D eigenvalue weighted by Gasteiger charge is 1.89. The molecule has 0 spiro atoms. The molecule has 2 N–H and O–H groups in total. The van der Waals surface area contributed by atoms with E-state index in [4.69, 9.17) is 5.11 Å². The molecule has 0 heterocycles. The fraction of sp³-hybridized carbons (Fsp3) is 0.667. The van der Waals surface area contributed by atoms with Crippen molar-refractivity contribution in [2.45, 2.75) is 0 Å². The summed E-state index contributed by atoms with van der Waals surface area (Å²) in [6, 6.07) is 0. The van der Waals surface area contributed by atoms with Crippen LogP contribution in [0.15, 0.2) is 0 Å². The van der Waals surface area contributed by atoms with E-state index < -0.39 is 5.97 Å². The fourth-order valence-corrected chi connectivity index (χ4v) is 0.323. The van der Waals surface area contributed by atoms with Crippen LogP contribution in [0.25, 0.3) is 0 Å². The Morgan fingerprint density at radius 3 is 2.38 bits per heavy atom. The Labute approximate surface area is 61.2 Å². The monoisotopic (exact) mass is 151 g/mol. The molecular formula is C3H11AlNO2P. The normalized spacial score (nSPS) is 7.62. The fourth-order valence-electron chi connectivity index (χ4n) is 0.179. The molecule has 0 saturated heterocycles. The Balaban J connectivity index is 0. The third kappa shape index (κ3) is 9.63. The van der Waals surface area contributed by atoms with Crippen molar-refractivity contribution in [1.82, 2.24) is 5.32 Å². The first kappa shape index (κ1) is 11.2. The van der Waals surface area contributed by atoms with Gasteiger partial charge in [-0.25, -0.2) is 0 Å². The molecule has 5 heteroatoms. The van der Waals surface area contributed by atoms with E-state index in [1.807, 2.05) is 0 Å². The lowest BCUT2D eigenvalue weighted by Crippen LogP contribution is -2.20. The van der Waals surface area contributed by atoms with Gasteiger partial charge >= 0.3 is 5.97 Å². The lowest BCUT2D eigenvalue weighted by Gasteiger charge is -1.90. The van der Waals surface area contributed by atoms with Gasteiger partial charge in [-0.15, -0.1) is 9.24 Å². The van der Waals surface area contributed by atoms with Crippen molar-refractivity contribution >= 4 is 32.6 Å². The molecule has 0 aliphatic rings. The number of carbonyl (C=O) groups is 1. The second-order valence-corrected chi connectivity index (χ2v) is 1.43. The smallest absolute Gasteiger partial charge is 0.317 e. The van der Waals surface area contributed by atoms with E-state index in [1.54, 1.807) is 0 Å². The van der Waals surface area contributed by atoms with Crippen molar-refractivity contribution in [2.75, 3.05) is 12.8 Å². The van der Waals surface area contributed by atoms with Gasteiger partial charge in [0.25, 0.3) is 0 Å². The molecule has 1 atom stereocenters. The van der Waals surface area contributed by atoms with Crippen LogP contribution in [0, 0.1) is 0 Å². The Hall–Kier alpha value is 0.392. The zero-order valence-corrected chi connectivity index (χ0v) is 5.00. The van der Waals surface area contributed by atoms with E-state index in [9.17, 15) is 4.79 Å². The van der Waals surface area contributed by atoms with Crippen LogP contribution in [-0.2, 0) is 4.79 Å². The summed E-state index contributed by atoms with van der Waals surface area (Å²) in [4.78, 5) is 9.69. The van der Waals surface area contributed by atoms with Crippen LogP contribution >= 0.6 is 9.24 Å². The SMILES string of the molecule is O=C(O)CNCP.[AlH3]. The van der Waals surface area contributed by atoms with Crippen LogP contribution in [0.2, 0.25) is 0 Å². The van der Waals surface area contributed by atoms with Crippen LogP contribution in [0.1, 0.15) is 0 Å². The largest absolute Gasteiger partial charge is 0.480 e. The Morgan fingerprint density at radius 2 is 2.25 bits per heavy atom. The molecular weight excluding hydrogens is 140 g/mol. The average Bonchev–Trinajstić information content (AvgIpc) is 1.61. The van der Waals surface area contributed by atoms with Crippen LogP contribution in [-0.4, -0.2) is 41.3 Å². The van der Waals surface area contributed by atoms with E-state index in [-0.39, 0.29) is 23.9 Å². The minimum absolute atomic E-state index is 0. The molecule has 48 valence electrons. The highest BCUT2D eigenvalue weighted by Crippen LogP contribution is 1.69. The summed E-state index contributed by atoms with van der Waals surface area (Å²) in [6.07, 6.45) is 0.631. The minimum atomic E-state index is -0.817. The molecule has 0 bridgehead atoms. The molecule has 1 unspecified atom stereocenters. The maximum atomic E-state index is 9.69. The van der Waals surface area contributed by atoms with Crippen molar-refractivity contribution in [3.63, 3.8) is 0 Å². The van der Waals surface area contributed by atoms with Crippen LogP contribution in [0.5, 0.6) is 0 Å². The summed E-state index contributed by atoms with van der Waals surface area (Å²) >= 11 is 0. The second kappa shape index (κ2) is 7.39. The van der Waals surface area contributed by atoms with Gasteiger partial charge in [-0.1, -0.05) is 0 Å². The Bertz CT molecular complexity index is 70.3. The van der Waals surface area contributed by atoms with E-state index in [1.165, 1.54) is 0 Å². The third-order valence-electron chi connectivity index (χ3n) is 0.421. The molecule has 0 aliphatic heterocycles. The lowest BCUT2D eigenvalue weighted by atomic mass is 10.7. The summed E-state index contributed by atoms with van der Waals surface area (Å²) in [6.45, 7) is 0.0451. The number of hydrogen-bond acceptors (Lipinski definition) is 2. The van der Waals surface area contributed by atoms with Gasteiger partial charge in [0.1, 0.15) is 0 Å². The standard InChI is InChI=1S/C3H8NO2P.Al.3H/c5-3(6)1-4-2-7;;;;/h4H,1-2,7H2,(H,5,6);;;;. The molecule has 0 aromatic carbocycles. The number of carboxylic acid groups (broad SMARTS) is 1. The van der Waals surface area contributed by atoms with E-state index in [2.05, 4.69) is 14.6 Å². The predicted octanol–water partition coefficient (Wildman–Crippen LogP) is -1.69. The number of hydrogen-bond donors (Lipinski definition) is 2. The molecule has 8 heavy (non-hydrogen) atoms. The molecule has 0 radical (unpaired) electrons. The first-order valence-electron chi connectivity index (χ1n) is 1.90. The molecule has 0 rings (SSSR count). The number of rotatable bonds is 3. The van der Waals surface area contributed by atoms with Crippen molar-refractivity contribution in [2.24, 2.45) is 0 Å². The first-order chi connectivity index (χ1) is 3.27. The summed E-state index contributed by atoms with van der Waals surface area (Å²) in [7, 11) is 2.37. The number of aliphatic carboxylic acids is 1. The predicted molar refractivity (Wildman–Crippen MR) is 40.2 cm³/mol. The van der Waals surface area contributed by atoms with Gasteiger partial charge in [-0.3, -0.25) is 4.79 Å². The van der Waals surface area contributed by atoms with Gasteiger partial charge in [0, 0.05) is 6.29 Å². The quantitative estimate of drug-likeness (QED) is 0.373. The van der Waals surface area contributed by atoms with Gasteiger partial charge in [0.15, 0.2) is 17.4 Å². The molecule has 3 nitrogen and oxygen atoms in total. The Morgan fingerprint density at radius 1 is 1.75 bits per heavy atom. The highest BCUT2D eigenvalue weighted by molar-refractivity contribution is 7.16. The van der Waals surface area contributed by atoms with Crippen molar-refractivity contribution in [3.05, 3.63) is 0 Å². The van der Waals surface area contributed by atoms with E-state index in [0.29, 0.717) is 6.29 Å². The zero-order valence-electron chi connectivity index (χ0n) is 3.85. The summed E-state index contributed by atoms with van der Waals surface area (Å²) in [5.41, 5.74) is 0. The van der Waals surface area contributed by atoms with Crippen molar-refractivity contribution in [3.8, 4) is 0 Å². The highest BCUT2D eigenvalue weighted by atomic mass is 31.0. The summed E-state index contributed by atoms with van der Waals surface area (Å²) < 4.78 is 0. The molecule has 0 aromatic rings. The van der Waals surface area contributed by atoms with Gasteiger partial charge in [-0.05, 0) is 0 Å².